The summed E-state index contributed by atoms with van der Waals surface area (Å²) in [6.07, 6.45) is 2.41. The van der Waals surface area contributed by atoms with Gasteiger partial charge in [0.2, 0.25) is 5.91 Å². The number of anilines is 1. The van der Waals surface area contributed by atoms with Gasteiger partial charge in [-0.25, -0.2) is 0 Å². The molecule has 24 heavy (non-hydrogen) atoms. The van der Waals surface area contributed by atoms with Gasteiger partial charge in [-0.05, 0) is 51.7 Å². The van der Waals surface area contributed by atoms with E-state index in [9.17, 15) is 4.79 Å². The monoisotopic (exact) mass is 344 g/mol. The SMILES string of the molecule is CCn1c(SCC(=O)Nc2c(C)cc(C)cc2C)nnc1C1CC1. The van der Waals surface area contributed by atoms with Gasteiger partial charge in [0.15, 0.2) is 5.16 Å². The van der Waals surface area contributed by atoms with Crippen LogP contribution in [0.25, 0.3) is 0 Å². The van der Waals surface area contributed by atoms with E-state index in [1.807, 2.05) is 13.8 Å². The van der Waals surface area contributed by atoms with Gasteiger partial charge in [0.05, 0.1) is 5.75 Å². The molecule has 1 aliphatic rings. The van der Waals surface area contributed by atoms with Crippen molar-refractivity contribution in [2.45, 2.75) is 58.2 Å². The molecule has 1 saturated carbocycles. The molecule has 0 radical (unpaired) electrons. The molecule has 0 spiro atoms. The van der Waals surface area contributed by atoms with Gasteiger partial charge in [-0.2, -0.15) is 0 Å². The van der Waals surface area contributed by atoms with Gasteiger partial charge in [0.25, 0.3) is 0 Å². The number of nitrogens with one attached hydrogen (secondary N) is 1. The first-order chi connectivity index (χ1) is 11.5. The number of carbonyl (C=O) groups excluding carboxylic acids is 1. The molecule has 0 atom stereocenters. The fourth-order valence-corrected chi connectivity index (χ4v) is 3.84. The number of rotatable bonds is 6. The molecule has 1 aromatic carbocycles. The summed E-state index contributed by atoms with van der Waals surface area (Å²) in [7, 11) is 0. The summed E-state index contributed by atoms with van der Waals surface area (Å²) in [4.78, 5) is 12.3. The van der Waals surface area contributed by atoms with Crippen molar-refractivity contribution >= 4 is 23.4 Å². The van der Waals surface area contributed by atoms with E-state index in [1.54, 1.807) is 0 Å². The number of aryl methyl sites for hydroxylation is 3. The van der Waals surface area contributed by atoms with Crippen LogP contribution in [0.2, 0.25) is 0 Å². The van der Waals surface area contributed by atoms with Gasteiger partial charge in [-0.3, -0.25) is 4.79 Å². The van der Waals surface area contributed by atoms with Crippen LogP contribution >= 0.6 is 11.8 Å². The highest BCUT2D eigenvalue weighted by molar-refractivity contribution is 7.99. The Morgan fingerprint density at radius 3 is 2.50 bits per heavy atom. The maximum atomic E-state index is 12.3. The van der Waals surface area contributed by atoms with Crippen LogP contribution in [-0.2, 0) is 11.3 Å². The highest BCUT2D eigenvalue weighted by atomic mass is 32.2. The highest BCUT2D eigenvalue weighted by Gasteiger charge is 2.30. The van der Waals surface area contributed by atoms with Crippen molar-refractivity contribution in [1.29, 1.82) is 0 Å². The predicted molar refractivity (Wildman–Crippen MR) is 97.7 cm³/mol. The first-order valence-electron chi connectivity index (χ1n) is 8.43. The summed E-state index contributed by atoms with van der Waals surface area (Å²) in [6, 6.07) is 4.18. The Kier molecular flexibility index (Phi) is 4.94. The van der Waals surface area contributed by atoms with Crippen LogP contribution in [-0.4, -0.2) is 26.4 Å². The molecule has 1 N–H and O–H groups in total. The highest BCUT2D eigenvalue weighted by Crippen LogP contribution is 2.40. The molecule has 0 unspecified atom stereocenters. The molecule has 5 nitrogen and oxygen atoms in total. The Morgan fingerprint density at radius 1 is 1.25 bits per heavy atom. The first-order valence-corrected chi connectivity index (χ1v) is 9.41. The molecule has 1 aromatic heterocycles. The molecule has 0 saturated heterocycles. The minimum Gasteiger partial charge on any atom is -0.325 e. The van der Waals surface area contributed by atoms with Crippen LogP contribution in [0.5, 0.6) is 0 Å². The van der Waals surface area contributed by atoms with E-state index in [-0.39, 0.29) is 5.91 Å². The van der Waals surface area contributed by atoms with Crippen LogP contribution in [0.1, 0.15) is 48.2 Å². The second-order valence-electron chi connectivity index (χ2n) is 6.47. The van der Waals surface area contributed by atoms with E-state index in [0.717, 1.165) is 34.3 Å². The molecular formula is C18H24N4OS. The van der Waals surface area contributed by atoms with Crippen LogP contribution in [0, 0.1) is 20.8 Å². The molecule has 1 amide bonds. The van der Waals surface area contributed by atoms with Crippen LogP contribution in [0.15, 0.2) is 17.3 Å². The average molecular weight is 344 g/mol. The van der Waals surface area contributed by atoms with Gasteiger partial charge < -0.3 is 9.88 Å². The molecule has 2 aromatic rings. The molecule has 6 heteroatoms. The fourth-order valence-electron chi connectivity index (χ4n) is 3.03. The van der Waals surface area contributed by atoms with E-state index in [2.05, 4.69) is 46.1 Å². The van der Waals surface area contributed by atoms with E-state index in [4.69, 9.17) is 0 Å². The normalized spacial score (nSPS) is 14.0. The predicted octanol–water partition coefficient (Wildman–Crippen LogP) is 3.83. The number of hydrogen-bond acceptors (Lipinski definition) is 4. The van der Waals surface area contributed by atoms with Crippen molar-refractivity contribution in [1.82, 2.24) is 14.8 Å². The van der Waals surface area contributed by atoms with Crippen molar-refractivity contribution < 1.29 is 4.79 Å². The Labute approximate surface area is 147 Å². The third-order valence-electron chi connectivity index (χ3n) is 4.28. The van der Waals surface area contributed by atoms with E-state index < -0.39 is 0 Å². The first kappa shape index (κ1) is 17.0. The second-order valence-corrected chi connectivity index (χ2v) is 7.41. The van der Waals surface area contributed by atoms with Crippen molar-refractivity contribution in [3.63, 3.8) is 0 Å². The number of nitrogens with zero attached hydrogens (tertiary/aromatic N) is 3. The quantitative estimate of drug-likeness (QED) is 0.809. The summed E-state index contributed by atoms with van der Waals surface area (Å²) in [6.45, 7) is 9.06. The number of aromatic nitrogens is 3. The lowest BCUT2D eigenvalue weighted by Crippen LogP contribution is -2.16. The van der Waals surface area contributed by atoms with Crippen molar-refractivity contribution in [3.8, 4) is 0 Å². The molecule has 128 valence electrons. The number of benzene rings is 1. The van der Waals surface area contributed by atoms with E-state index in [0.29, 0.717) is 11.7 Å². The second kappa shape index (κ2) is 6.97. The Hall–Kier alpha value is -1.82. The van der Waals surface area contributed by atoms with Gasteiger partial charge in [0, 0.05) is 18.2 Å². The molecule has 0 bridgehead atoms. The Morgan fingerprint density at radius 2 is 1.92 bits per heavy atom. The fraction of sp³-hybridized carbons (Fsp3) is 0.500. The van der Waals surface area contributed by atoms with Crippen LogP contribution in [0.4, 0.5) is 5.69 Å². The van der Waals surface area contributed by atoms with E-state index >= 15 is 0 Å². The summed E-state index contributed by atoms with van der Waals surface area (Å²) < 4.78 is 2.14. The third-order valence-corrected chi connectivity index (χ3v) is 5.24. The maximum Gasteiger partial charge on any atom is 0.234 e. The Balaban J connectivity index is 1.64. The van der Waals surface area contributed by atoms with Gasteiger partial charge >= 0.3 is 0 Å². The zero-order chi connectivity index (χ0) is 17.3. The number of hydrogen-bond donors (Lipinski definition) is 1. The summed E-state index contributed by atoms with van der Waals surface area (Å²) in [5.41, 5.74) is 4.32. The zero-order valence-electron chi connectivity index (χ0n) is 14.7. The molecule has 1 fully saturated rings. The zero-order valence-corrected chi connectivity index (χ0v) is 15.5. The standard InChI is InChI=1S/C18H24N4OS/c1-5-22-17(14-6-7-14)20-21-18(22)24-10-15(23)19-16-12(3)8-11(2)9-13(16)4/h8-9,14H,5-7,10H2,1-4H3,(H,19,23). The summed E-state index contributed by atoms with van der Waals surface area (Å²) in [5.74, 6) is 1.98. The minimum atomic E-state index is -0.00585. The van der Waals surface area contributed by atoms with Gasteiger partial charge in [-0.15, -0.1) is 10.2 Å². The minimum absolute atomic E-state index is 0.00585. The molecule has 1 aliphatic carbocycles. The topological polar surface area (TPSA) is 59.8 Å². The number of amides is 1. The van der Waals surface area contributed by atoms with Gasteiger partial charge in [0.1, 0.15) is 5.82 Å². The van der Waals surface area contributed by atoms with Crippen molar-refractivity contribution in [3.05, 3.63) is 34.6 Å². The van der Waals surface area contributed by atoms with E-state index in [1.165, 1.54) is 30.2 Å². The molecular weight excluding hydrogens is 320 g/mol. The lowest BCUT2D eigenvalue weighted by molar-refractivity contribution is -0.113. The number of carbonyl (C=O) groups is 1. The van der Waals surface area contributed by atoms with Crippen molar-refractivity contribution in [2.24, 2.45) is 0 Å². The van der Waals surface area contributed by atoms with Gasteiger partial charge in [-0.1, -0.05) is 29.5 Å². The number of thioether (sulfide) groups is 1. The summed E-state index contributed by atoms with van der Waals surface area (Å²) in [5, 5.41) is 12.5. The third kappa shape index (κ3) is 3.64. The average Bonchev–Trinajstić information content (AvgIpc) is 3.29. The lowest BCUT2D eigenvalue weighted by Gasteiger charge is -2.13. The molecule has 3 rings (SSSR count). The molecule has 1 heterocycles. The lowest BCUT2D eigenvalue weighted by atomic mass is 10.1. The molecule has 0 aliphatic heterocycles. The smallest absolute Gasteiger partial charge is 0.234 e. The maximum absolute atomic E-state index is 12.3. The van der Waals surface area contributed by atoms with Crippen LogP contribution < -0.4 is 5.32 Å². The van der Waals surface area contributed by atoms with Crippen LogP contribution in [0.3, 0.4) is 0 Å². The Bertz CT molecular complexity index is 741. The largest absolute Gasteiger partial charge is 0.325 e. The summed E-state index contributed by atoms with van der Waals surface area (Å²) >= 11 is 1.46. The van der Waals surface area contributed by atoms with Crippen molar-refractivity contribution in [2.75, 3.05) is 11.1 Å².